The molecule has 3 aliphatic rings. The van der Waals surface area contributed by atoms with E-state index >= 15 is 0 Å². The van der Waals surface area contributed by atoms with Crippen molar-refractivity contribution in [3.63, 3.8) is 0 Å². The van der Waals surface area contributed by atoms with Crippen LogP contribution in [0.15, 0.2) is 54.6 Å². The van der Waals surface area contributed by atoms with Crippen LogP contribution in [0, 0.1) is 5.92 Å². The van der Waals surface area contributed by atoms with Gasteiger partial charge in [0.15, 0.2) is 0 Å². The Kier molecular flexibility index (Phi) is 5.80. The molecule has 2 aliphatic carbocycles. The van der Waals surface area contributed by atoms with Gasteiger partial charge in [0, 0.05) is 31.5 Å². The van der Waals surface area contributed by atoms with Crippen LogP contribution in [0.3, 0.4) is 0 Å². The van der Waals surface area contributed by atoms with Crippen molar-refractivity contribution >= 4 is 11.8 Å². The summed E-state index contributed by atoms with van der Waals surface area (Å²) >= 11 is 0. The van der Waals surface area contributed by atoms with Crippen LogP contribution in [0.4, 0.5) is 0 Å². The van der Waals surface area contributed by atoms with Gasteiger partial charge in [-0.15, -0.1) is 0 Å². The largest absolute Gasteiger partial charge is 0.343 e. The molecule has 4 nitrogen and oxygen atoms in total. The van der Waals surface area contributed by atoms with Crippen molar-refractivity contribution < 1.29 is 9.59 Å². The maximum Gasteiger partial charge on any atom is 0.226 e. The summed E-state index contributed by atoms with van der Waals surface area (Å²) in [7, 11) is 0. The van der Waals surface area contributed by atoms with E-state index in [4.69, 9.17) is 0 Å². The van der Waals surface area contributed by atoms with E-state index in [0.717, 1.165) is 44.9 Å². The topological polar surface area (TPSA) is 40.6 Å². The number of carbonyl (C=O) groups is 2. The molecule has 1 saturated heterocycles. The second-order valence-corrected chi connectivity index (χ2v) is 9.37. The maximum absolute atomic E-state index is 13.6. The van der Waals surface area contributed by atoms with Crippen LogP contribution in [-0.2, 0) is 22.4 Å². The summed E-state index contributed by atoms with van der Waals surface area (Å²) in [5.74, 6) is 0.616. The fourth-order valence-electron chi connectivity index (χ4n) is 5.41. The van der Waals surface area contributed by atoms with Gasteiger partial charge in [0.25, 0.3) is 0 Å². The molecule has 1 heterocycles. The van der Waals surface area contributed by atoms with Crippen molar-refractivity contribution in [1.29, 1.82) is 0 Å². The van der Waals surface area contributed by atoms with Crippen molar-refractivity contribution in [2.24, 2.45) is 5.92 Å². The van der Waals surface area contributed by atoms with Gasteiger partial charge in [-0.2, -0.15) is 0 Å². The van der Waals surface area contributed by atoms with Crippen molar-refractivity contribution in [1.82, 2.24) is 9.80 Å². The van der Waals surface area contributed by atoms with Crippen molar-refractivity contribution in [2.75, 3.05) is 13.1 Å². The fourth-order valence-corrected chi connectivity index (χ4v) is 5.41. The van der Waals surface area contributed by atoms with Crippen LogP contribution >= 0.6 is 0 Å². The van der Waals surface area contributed by atoms with Gasteiger partial charge in [-0.05, 0) is 61.6 Å². The Morgan fingerprint density at radius 2 is 1.58 bits per heavy atom. The monoisotopic (exact) mass is 416 g/mol. The van der Waals surface area contributed by atoms with E-state index in [9.17, 15) is 9.59 Å². The lowest BCUT2D eigenvalue weighted by Gasteiger charge is -2.37. The number of carbonyl (C=O) groups excluding carboxylic acids is 2. The molecule has 2 amide bonds. The molecule has 31 heavy (non-hydrogen) atoms. The number of nitrogens with zero attached hydrogens (tertiary/aromatic N) is 2. The van der Waals surface area contributed by atoms with Crippen molar-refractivity contribution in [3.8, 4) is 0 Å². The van der Waals surface area contributed by atoms with E-state index in [2.05, 4.69) is 41.3 Å². The summed E-state index contributed by atoms with van der Waals surface area (Å²) in [5, 5.41) is 0. The molecule has 0 aromatic heterocycles. The van der Waals surface area contributed by atoms with Gasteiger partial charge in [0.05, 0.1) is 6.04 Å². The van der Waals surface area contributed by atoms with E-state index in [1.165, 1.54) is 16.7 Å². The van der Waals surface area contributed by atoms with Crippen molar-refractivity contribution in [3.05, 3.63) is 71.3 Å². The number of piperidine rings is 1. The molecular formula is C27H32N2O2. The molecule has 4 heteroatoms. The van der Waals surface area contributed by atoms with E-state index in [-0.39, 0.29) is 17.9 Å². The molecule has 5 rings (SSSR count). The molecule has 2 aromatic rings. The highest BCUT2D eigenvalue weighted by atomic mass is 16.2. The first kappa shape index (κ1) is 20.3. The summed E-state index contributed by atoms with van der Waals surface area (Å²) in [6.07, 6.45) is 7.35. The van der Waals surface area contributed by atoms with Gasteiger partial charge < -0.3 is 9.80 Å². The summed E-state index contributed by atoms with van der Waals surface area (Å²) < 4.78 is 0. The van der Waals surface area contributed by atoms with Crippen LogP contribution in [0.2, 0.25) is 0 Å². The average Bonchev–Trinajstić information content (AvgIpc) is 3.57. The number of benzene rings is 2. The number of amides is 2. The second kappa shape index (κ2) is 8.86. The Labute approximate surface area is 185 Å². The van der Waals surface area contributed by atoms with Crippen LogP contribution < -0.4 is 0 Å². The zero-order valence-corrected chi connectivity index (χ0v) is 18.2. The molecule has 1 unspecified atom stereocenters. The molecule has 0 spiro atoms. The molecule has 162 valence electrons. The Morgan fingerprint density at radius 3 is 2.32 bits per heavy atom. The summed E-state index contributed by atoms with van der Waals surface area (Å²) in [4.78, 5) is 30.5. The predicted octanol–water partition coefficient (Wildman–Crippen LogP) is 4.54. The standard InChI is InChI=1S/C27H32N2O2/c30-26(15-10-20-6-2-1-3-7-20)28-18-16-22(17-19-28)27(31)29(23-12-13-23)25-14-11-21-8-4-5-9-24(21)25/h1-9,22-23,25H,10-19H2. The zero-order valence-electron chi connectivity index (χ0n) is 18.2. The SMILES string of the molecule is O=C(CCc1ccccc1)N1CCC(C(=O)N(C2CC2)C2CCc3ccccc32)CC1. The Balaban J connectivity index is 1.18. The van der Waals surface area contributed by atoms with Crippen LogP contribution in [0.25, 0.3) is 0 Å². The van der Waals surface area contributed by atoms with Gasteiger partial charge in [-0.25, -0.2) is 0 Å². The van der Waals surface area contributed by atoms with Gasteiger partial charge in [-0.1, -0.05) is 54.6 Å². The maximum atomic E-state index is 13.6. The highest BCUT2D eigenvalue weighted by Crippen LogP contribution is 2.43. The van der Waals surface area contributed by atoms with E-state index in [1.54, 1.807) is 0 Å². The van der Waals surface area contributed by atoms with E-state index in [0.29, 0.717) is 31.5 Å². The molecular weight excluding hydrogens is 384 g/mol. The van der Waals surface area contributed by atoms with Gasteiger partial charge >= 0.3 is 0 Å². The van der Waals surface area contributed by atoms with Gasteiger partial charge in [0.2, 0.25) is 11.8 Å². The van der Waals surface area contributed by atoms with E-state index in [1.807, 2.05) is 23.1 Å². The van der Waals surface area contributed by atoms with E-state index < -0.39 is 0 Å². The summed E-state index contributed by atoms with van der Waals surface area (Å²) in [6, 6.07) is 19.5. The Hall–Kier alpha value is -2.62. The van der Waals surface area contributed by atoms with Gasteiger partial charge in [0.1, 0.15) is 0 Å². The highest BCUT2D eigenvalue weighted by molar-refractivity contribution is 5.81. The summed E-state index contributed by atoms with van der Waals surface area (Å²) in [6.45, 7) is 1.42. The molecule has 2 aromatic carbocycles. The molecule has 0 bridgehead atoms. The fraction of sp³-hybridized carbons (Fsp3) is 0.481. The average molecular weight is 417 g/mol. The van der Waals surface area contributed by atoms with Gasteiger partial charge in [-0.3, -0.25) is 9.59 Å². The zero-order chi connectivity index (χ0) is 21.2. The van der Waals surface area contributed by atoms with Crippen LogP contribution in [-0.4, -0.2) is 40.7 Å². The number of aryl methyl sites for hydroxylation is 2. The number of rotatable bonds is 6. The predicted molar refractivity (Wildman–Crippen MR) is 121 cm³/mol. The first-order valence-corrected chi connectivity index (χ1v) is 11.9. The van der Waals surface area contributed by atoms with Crippen molar-refractivity contribution in [2.45, 2.75) is 63.5 Å². The lowest BCUT2D eigenvalue weighted by Crippen LogP contribution is -2.46. The third-order valence-corrected chi connectivity index (χ3v) is 7.30. The molecule has 2 fully saturated rings. The number of likely N-dealkylation sites (tertiary alicyclic amines) is 1. The number of hydrogen-bond acceptors (Lipinski definition) is 2. The van der Waals surface area contributed by atoms with Crippen LogP contribution in [0.5, 0.6) is 0 Å². The van der Waals surface area contributed by atoms with Crippen LogP contribution in [0.1, 0.15) is 61.3 Å². The number of fused-ring (bicyclic) bond motifs is 1. The second-order valence-electron chi connectivity index (χ2n) is 9.37. The Morgan fingerprint density at radius 1 is 0.871 bits per heavy atom. The Bertz CT molecular complexity index is 929. The molecule has 1 atom stereocenters. The minimum absolute atomic E-state index is 0.0616. The minimum Gasteiger partial charge on any atom is -0.343 e. The molecule has 1 aliphatic heterocycles. The first-order valence-electron chi connectivity index (χ1n) is 11.9. The number of hydrogen-bond donors (Lipinski definition) is 0. The molecule has 0 radical (unpaired) electrons. The normalized spacial score (nSPS) is 21.0. The highest BCUT2D eigenvalue weighted by Gasteiger charge is 2.43. The third kappa shape index (κ3) is 4.39. The summed E-state index contributed by atoms with van der Waals surface area (Å²) in [5.41, 5.74) is 3.97. The minimum atomic E-state index is 0.0616. The lowest BCUT2D eigenvalue weighted by molar-refractivity contribution is -0.143. The smallest absolute Gasteiger partial charge is 0.226 e. The molecule has 1 saturated carbocycles. The molecule has 0 N–H and O–H groups in total. The lowest BCUT2D eigenvalue weighted by atomic mass is 9.93. The first-order chi connectivity index (χ1) is 15.2. The third-order valence-electron chi connectivity index (χ3n) is 7.30. The quantitative estimate of drug-likeness (QED) is 0.694.